The molecule has 0 N–H and O–H groups in total. The molecule has 0 aliphatic carbocycles. The van der Waals surface area contributed by atoms with Crippen LogP contribution in [0.3, 0.4) is 0 Å². The average Bonchev–Trinajstić information content (AvgIpc) is 2.65. The van der Waals surface area contributed by atoms with E-state index in [0.29, 0.717) is 5.56 Å². The normalized spacial score (nSPS) is 10.1. The van der Waals surface area contributed by atoms with Gasteiger partial charge in [-0.1, -0.05) is 30.3 Å². The molecular weight excluding hydrogens is 180 g/mol. The van der Waals surface area contributed by atoms with Crippen molar-refractivity contribution in [3.05, 3.63) is 41.7 Å². The average molecular weight is 188 g/mol. The van der Waals surface area contributed by atoms with Crippen molar-refractivity contribution < 1.29 is 4.79 Å². The highest BCUT2D eigenvalue weighted by Gasteiger charge is 2.13. The topological polar surface area (TPSA) is 60.7 Å². The van der Waals surface area contributed by atoms with Crippen LogP contribution in [0.15, 0.2) is 30.3 Å². The van der Waals surface area contributed by atoms with Gasteiger partial charge in [0.15, 0.2) is 0 Å². The van der Waals surface area contributed by atoms with Crippen molar-refractivity contribution in [2.75, 3.05) is 0 Å². The summed E-state index contributed by atoms with van der Waals surface area (Å²) in [4.78, 5) is 12.9. The van der Waals surface area contributed by atoms with E-state index in [1.54, 1.807) is 31.3 Å². The van der Waals surface area contributed by atoms with E-state index in [1.807, 2.05) is 6.07 Å². The van der Waals surface area contributed by atoms with Gasteiger partial charge in [0.25, 0.3) is 0 Å². The summed E-state index contributed by atoms with van der Waals surface area (Å²) >= 11 is 0. The lowest BCUT2D eigenvalue weighted by Gasteiger charge is -1.93. The SMILES string of the molecule is Cn1nnc(C(=O)c2ccccc2)n1. The Balaban J connectivity index is 2.34. The Kier molecular flexibility index (Phi) is 2.06. The number of carbonyl (C=O) groups is 1. The maximum Gasteiger partial charge on any atom is 0.245 e. The monoisotopic (exact) mass is 188 g/mol. The number of hydrogen-bond acceptors (Lipinski definition) is 4. The third-order valence-corrected chi connectivity index (χ3v) is 1.75. The highest BCUT2D eigenvalue weighted by molar-refractivity contribution is 6.06. The summed E-state index contributed by atoms with van der Waals surface area (Å²) in [6.07, 6.45) is 0. The maximum absolute atomic E-state index is 11.7. The molecule has 0 atom stereocenters. The first-order chi connectivity index (χ1) is 6.77. The van der Waals surface area contributed by atoms with Crippen LogP contribution < -0.4 is 0 Å². The molecule has 1 aromatic heterocycles. The van der Waals surface area contributed by atoms with E-state index in [2.05, 4.69) is 15.4 Å². The highest BCUT2D eigenvalue weighted by atomic mass is 16.1. The Morgan fingerprint density at radius 3 is 2.57 bits per heavy atom. The van der Waals surface area contributed by atoms with Crippen LogP contribution in [-0.2, 0) is 7.05 Å². The van der Waals surface area contributed by atoms with Gasteiger partial charge in [-0.05, 0) is 5.21 Å². The van der Waals surface area contributed by atoms with Crippen molar-refractivity contribution in [2.45, 2.75) is 0 Å². The van der Waals surface area contributed by atoms with Crippen molar-refractivity contribution in [2.24, 2.45) is 7.05 Å². The largest absolute Gasteiger partial charge is 0.285 e. The lowest BCUT2D eigenvalue weighted by atomic mass is 10.1. The minimum absolute atomic E-state index is 0.124. The van der Waals surface area contributed by atoms with Crippen LogP contribution in [0.2, 0.25) is 0 Å². The van der Waals surface area contributed by atoms with Crippen molar-refractivity contribution in [3.63, 3.8) is 0 Å². The molecule has 0 spiro atoms. The van der Waals surface area contributed by atoms with Gasteiger partial charge < -0.3 is 0 Å². The predicted molar refractivity (Wildman–Crippen MR) is 48.7 cm³/mol. The first-order valence-corrected chi connectivity index (χ1v) is 4.11. The quantitative estimate of drug-likeness (QED) is 0.641. The molecule has 70 valence electrons. The van der Waals surface area contributed by atoms with Gasteiger partial charge in [-0.3, -0.25) is 4.79 Å². The van der Waals surface area contributed by atoms with Gasteiger partial charge in [0.1, 0.15) is 0 Å². The number of aromatic nitrogens is 4. The summed E-state index contributed by atoms with van der Waals surface area (Å²) in [5.74, 6) is -0.0857. The summed E-state index contributed by atoms with van der Waals surface area (Å²) in [6.45, 7) is 0. The van der Waals surface area contributed by atoms with Gasteiger partial charge >= 0.3 is 0 Å². The van der Waals surface area contributed by atoms with E-state index < -0.39 is 0 Å². The number of tetrazole rings is 1. The molecule has 0 unspecified atom stereocenters. The lowest BCUT2D eigenvalue weighted by Crippen LogP contribution is -2.04. The van der Waals surface area contributed by atoms with Crippen LogP contribution in [0.4, 0.5) is 0 Å². The third kappa shape index (κ3) is 1.52. The zero-order valence-corrected chi connectivity index (χ0v) is 7.58. The summed E-state index contributed by atoms with van der Waals surface area (Å²) in [7, 11) is 1.62. The molecule has 0 radical (unpaired) electrons. The second-order valence-electron chi connectivity index (χ2n) is 2.80. The molecule has 0 saturated carbocycles. The number of carbonyl (C=O) groups excluding carboxylic acids is 1. The highest BCUT2D eigenvalue weighted by Crippen LogP contribution is 2.03. The lowest BCUT2D eigenvalue weighted by molar-refractivity contribution is 0.102. The van der Waals surface area contributed by atoms with Gasteiger partial charge in [0.05, 0.1) is 7.05 Å². The van der Waals surface area contributed by atoms with Crippen LogP contribution >= 0.6 is 0 Å². The molecule has 0 saturated heterocycles. The molecule has 2 rings (SSSR count). The van der Waals surface area contributed by atoms with Crippen molar-refractivity contribution in [1.29, 1.82) is 0 Å². The minimum atomic E-state index is -0.210. The molecule has 0 bridgehead atoms. The minimum Gasteiger partial charge on any atom is -0.285 e. The van der Waals surface area contributed by atoms with E-state index >= 15 is 0 Å². The van der Waals surface area contributed by atoms with Crippen LogP contribution in [0, 0.1) is 0 Å². The zero-order valence-electron chi connectivity index (χ0n) is 7.58. The smallest absolute Gasteiger partial charge is 0.245 e. The molecule has 14 heavy (non-hydrogen) atoms. The Labute approximate surface area is 80.4 Å². The van der Waals surface area contributed by atoms with E-state index in [9.17, 15) is 4.79 Å². The van der Waals surface area contributed by atoms with Crippen LogP contribution in [0.1, 0.15) is 16.2 Å². The second-order valence-corrected chi connectivity index (χ2v) is 2.80. The Morgan fingerprint density at radius 1 is 1.29 bits per heavy atom. The molecule has 5 nitrogen and oxygen atoms in total. The number of ketones is 1. The van der Waals surface area contributed by atoms with Crippen LogP contribution in [0.5, 0.6) is 0 Å². The van der Waals surface area contributed by atoms with Gasteiger partial charge in [0.2, 0.25) is 11.6 Å². The Bertz CT molecular complexity index is 449. The van der Waals surface area contributed by atoms with E-state index in [4.69, 9.17) is 0 Å². The molecule has 0 aliphatic rings. The summed E-state index contributed by atoms with van der Waals surface area (Å²) in [5.41, 5.74) is 0.570. The van der Waals surface area contributed by atoms with Crippen molar-refractivity contribution >= 4 is 5.78 Å². The summed E-state index contributed by atoms with van der Waals surface area (Å²) < 4.78 is 0. The van der Waals surface area contributed by atoms with Gasteiger partial charge in [-0.15, -0.1) is 10.2 Å². The summed E-state index contributed by atoms with van der Waals surface area (Å²) in [6, 6.07) is 8.88. The first-order valence-electron chi connectivity index (χ1n) is 4.11. The first kappa shape index (κ1) is 8.55. The molecule has 1 heterocycles. The standard InChI is InChI=1S/C9H8N4O/c1-13-11-9(10-12-13)8(14)7-5-3-2-4-6-7/h2-6H,1H3. The zero-order chi connectivity index (χ0) is 9.97. The summed E-state index contributed by atoms with van der Waals surface area (Å²) in [5, 5.41) is 11.1. The van der Waals surface area contributed by atoms with Crippen molar-refractivity contribution in [3.8, 4) is 0 Å². The fraction of sp³-hybridized carbons (Fsp3) is 0.111. The molecule has 1 aromatic carbocycles. The third-order valence-electron chi connectivity index (χ3n) is 1.75. The number of hydrogen-bond donors (Lipinski definition) is 0. The molecule has 0 aliphatic heterocycles. The maximum atomic E-state index is 11.7. The molecule has 2 aromatic rings. The fourth-order valence-electron chi connectivity index (χ4n) is 1.09. The molecule has 0 fully saturated rings. The fourth-order valence-corrected chi connectivity index (χ4v) is 1.09. The molecular formula is C9H8N4O. The molecule has 5 heteroatoms. The number of benzene rings is 1. The second kappa shape index (κ2) is 3.37. The molecule has 0 amide bonds. The van der Waals surface area contributed by atoms with E-state index in [-0.39, 0.29) is 11.6 Å². The number of nitrogens with zero attached hydrogens (tertiary/aromatic N) is 4. The number of aryl methyl sites for hydroxylation is 1. The van der Waals surface area contributed by atoms with Crippen molar-refractivity contribution in [1.82, 2.24) is 20.2 Å². The van der Waals surface area contributed by atoms with E-state index in [1.165, 1.54) is 4.80 Å². The van der Waals surface area contributed by atoms with Crippen LogP contribution in [0.25, 0.3) is 0 Å². The predicted octanol–water partition coefficient (Wildman–Crippen LogP) is 0.441. The van der Waals surface area contributed by atoms with Gasteiger partial charge in [-0.2, -0.15) is 4.80 Å². The van der Waals surface area contributed by atoms with Gasteiger partial charge in [0, 0.05) is 5.56 Å². The number of rotatable bonds is 2. The Hall–Kier alpha value is -2.04. The van der Waals surface area contributed by atoms with E-state index in [0.717, 1.165) is 0 Å². The van der Waals surface area contributed by atoms with Gasteiger partial charge in [-0.25, -0.2) is 0 Å². The Morgan fingerprint density at radius 2 is 2.00 bits per heavy atom. The van der Waals surface area contributed by atoms with Crippen LogP contribution in [-0.4, -0.2) is 26.0 Å².